The summed E-state index contributed by atoms with van der Waals surface area (Å²) in [6.45, 7) is 11.9. The van der Waals surface area contributed by atoms with Crippen LogP contribution in [0.4, 0.5) is 4.79 Å². The zero-order chi connectivity index (χ0) is 38.5. The zero-order valence-corrected chi connectivity index (χ0v) is 32.4. The van der Waals surface area contributed by atoms with Crippen LogP contribution < -0.4 is 21.3 Å². The Balaban J connectivity index is 1.54. The normalized spacial score (nSPS) is 22.9. The van der Waals surface area contributed by atoms with Crippen LogP contribution in [0.1, 0.15) is 99.3 Å². The molecule has 2 aliphatic carbocycles. The number of amides is 5. The topological polar surface area (TPSA) is 171 Å². The number of fused-ring (bicyclic) bond motifs is 1. The van der Waals surface area contributed by atoms with Crippen molar-refractivity contribution < 1.29 is 32.4 Å². The van der Waals surface area contributed by atoms with Crippen molar-refractivity contribution in [2.24, 2.45) is 22.7 Å². The van der Waals surface area contributed by atoms with Crippen molar-refractivity contribution in [1.29, 1.82) is 0 Å². The van der Waals surface area contributed by atoms with Crippen molar-refractivity contribution in [3.8, 4) is 12.3 Å². The molecule has 12 nitrogen and oxygen atoms in total. The Morgan fingerprint density at radius 2 is 1.67 bits per heavy atom. The average molecular weight is 740 g/mol. The predicted molar refractivity (Wildman–Crippen MR) is 198 cm³/mol. The number of hydrogen-bond donors (Lipinski definition) is 4. The van der Waals surface area contributed by atoms with Crippen molar-refractivity contribution >= 4 is 39.4 Å². The van der Waals surface area contributed by atoms with Gasteiger partial charge in [0, 0.05) is 19.5 Å². The van der Waals surface area contributed by atoms with E-state index in [0.717, 1.165) is 25.7 Å². The Kier molecular flexibility index (Phi) is 12.9. The van der Waals surface area contributed by atoms with E-state index in [9.17, 15) is 32.4 Å². The van der Waals surface area contributed by atoms with E-state index in [1.54, 1.807) is 30.3 Å². The highest BCUT2D eigenvalue weighted by Crippen LogP contribution is 2.65. The third-order valence-corrected chi connectivity index (χ3v) is 13.1. The molecule has 0 aromatic heterocycles. The summed E-state index contributed by atoms with van der Waals surface area (Å²) >= 11 is 0. The third-order valence-electron chi connectivity index (χ3n) is 11.2. The molecule has 1 heterocycles. The number of urea groups is 1. The quantitative estimate of drug-likeness (QED) is 0.121. The van der Waals surface area contributed by atoms with Crippen LogP contribution in [0.3, 0.4) is 0 Å². The number of unbranched alkanes of at least 4 members (excludes halogenated alkanes) is 1. The van der Waals surface area contributed by atoms with Crippen molar-refractivity contribution in [3.63, 3.8) is 0 Å². The number of likely N-dealkylation sites (tertiary alicyclic amines) is 1. The number of terminal acetylenes is 1. The summed E-state index contributed by atoms with van der Waals surface area (Å²) in [5.41, 5.74) is -2.03. The van der Waals surface area contributed by atoms with E-state index < -0.39 is 68.5 Å². The van der Waals surface area contributed by atoms with Crippen LogP contribution in [0, 0.1) is 35.0 Å². The fraction of sp³-hybridized carbons (Fsp3) is 0.667. The van der Waals surface area contributed by atoms with Crippen LogP contribution in [0.2, 0.25) is 0 Å². The molecule has 1 aromatic rings. The second kappa shape index (κ2) is 16.4. The Morgan fingerprint density at radius 3 is 2.27 bits per heavy atom. The number of nitrogens with zero attached hydrogens (tertiary/aromatic N) is 1. The highest BCUT2D eigenvalue weighted by atomic mass is 32.2. The SMILES string of the molecule is C#CCCNC(=O)C(=O)C(CCCC)NC(=O)[C@@H]1[C@@H]2[C@H](CN1C(=O)[C@@H](NC(=O)NC1(CS(=O)(=O)c3ccccc3)CCCCC1)C(C)(C)C)C2(C)C. The van der Waals surface area contributed by atoms with E-state index in [0.29, 0.717) is 25.8 Å². The molecule has 0 radical (unpaired) electrons. The number of ketones is 1. The Morgan fingerprint density at radius 1 is 1.02 bits per heavy atom. The van der Waals surface area contributed by atoms with E-state index in [-0.39, 0.29) is 47.3 Å². The summed E-state index contributed by atoms with van der Waals surface area (Å²) in [6, 6.07) is 4.48. The van der Waals surface area contributed by atoms with Crippen LogP contribution in [0.5, 0.6) is 0 Å². The first-order valence-electron chi connectivity index (χ1n) is 18.6. The van der Waals surface area contributed by atoms with Crippen molar-refractivity contribution in [2.45, 2.75) is 128 Å². The van der Waals surface area contributed by atoms with Gasteiger partial charge in [-0.15, -0.1) is 12.3 Å². The predicted octanol–water partition coefficient (Wildman–Crippen LogP) is 3.74. The fourth-order valence-corrected chi connectivity index (χ4v) is 9.90. The van der Waals surface area contributed by atoms with E-state index in [1.165, 1.54) is 4.90 Å². The maximum absolute atomic E-state index is 14.5. The van der Waals surface area contributed by atoms with Gasteiger partial charge in [0.15, 0.2) is 9.84 Å². The monoisotopic (exact) mass is 739 g/mol. The average Bonchev–Trinajstić information content (AvgIpc) is 3.38. The summed E-state index contributed by atoms with van der Waals surface area (Å²) in [5, 5.41) is 11.2. The van der Waals surface area contributed by atoms with Crippen LogP contribution in [-0.2, 0) is 29.0 Å². The van der Waals surface area contributed by atoms with Gasteiger partial charge in [-0.1, -0.05) is 91.8 Å². The lowest BCUT2D eigenvalue weighted by molar-refractivity contribution is -0.145. The molecule has 0 spiro atoms. The lowest BCUT2D eigenvalue weighted by Crippen LogP contribution is -2.63. The summed E-state index contributed by atoms with van der Waals surface area (Å²) in [6.07, 6.45) is 10.5. The highest BCUT2D eigenvalue weighted by molar-refractivity contribution is 7.91. The number of Topliss-reactive ketones (excluding diaryl/α,β-unsaturated/α-hetero) is 1. The Hall–Kier alpha value is -3.92. The van der Waals surface area contributed by atoms with Gasteiger partial charge in [-0.3, -0.25) is 19.2 Å². The molecule has 4 N–H and O–H groups in total. The molecule has 1 unspecified atom stereocenters. The summed E-state index contributed by atoms with van der Waals surface area (Å²) in [7, 11) is -3.73. The number of sulfone groups is 1. The van der Waals surface area contributed by atoms with E-state index in [1.807, 2.05) is 41.5 Å². The maximum Gasteiger partial charge on any atom is 0.315 e. The minimum absolute atomic E-state index is 0.0344. The van der Waals surface area contributed by atoms with Gasteiger partial charge in [-0.25, -0.2) is 13.2 Å². The van der Waals surface area contributed by atoms with Crippen LogP contribution in [0.15, 0.2) is 35.2 Å². The summed E-state index contributed by atoms with van der Waals surface area (Å²) in [4.78, 5) is 70.0. The zero-order valence-electron chi connectivity index (χ0n) is 31.5. The van der Waals surface area contributed by atoms with Gasteiger partial charge in [-0.05, 0) is 54.1 Å². The van der Waals surface area contributed by atoms with Gasteiger partial charge in [0.2, 0.25) is 17.6 Å². The fourth-order valence-electron chi connectivity index (χ4n) is 8.07. The molecule has 1 aromatic carbocycles. The number of benzene rings is 1. The minimum Gasteiger partial charge on any atom is -0.348 e. The van der Waals surface area contributed by atoms with Gasteiger partial charge in [0.1, 0.15) is 12.1 Å². The molecule has 3 fully saturated rings. The first kappa shape index (κ1) is 40.8. The van der Waals surface area contributed by atoms with Gasteiger partial charge in [-0.2, -0.15) is 0 Å². The van der Waals surface area contributed by atoms with Crippen molar-refractivity contribution in [1.82, 2.24) is 26.2 Å². The molecule has 1 saturated heterocycles. The van der Waals surface area contributed by atoms with E-state index >= 15 is 0 Å². The Labute approximate surface area is 309 Å². The van der Waals surface area contributed by atoms with Crippen LogP contribution >= 0.6 is 0 Å². The molecule has 0 bridgehead atoms. The second-order valence-electron chi connectivity index (χ2n) is 16.5. The molecule has 286 valence electrons. The maximum atomic E-state index is 14.5. The van der Waals surface area contributed by atoms with Crippen molar-refractivity contribution in [2.75, 3.05) is 18.8 Å². The van der Waals surface area contributed by atoms with Gasteiger partial charge < -0.3 is 26.2 Å². The lowest BCUT2D eigenvalue weighted by Gasteiger charge is -2.40. The number of carbonyl (C=O) groups is 5. The number of hydrogen-bond acceptors (Lipinski definition) is 7. The standard InChI is InChI=1S/C39H57N5O7S/c1-8-10-20-28(31(45)34(47)40-23-11-9-2)41-33(46)30-29-27(38(29,6)7)24-44(30)35(48)32(37(3,4)5)42-36(49)43-39(21-16-13-17-22-39)25-52(50,51)26-18-14-12-15-19-26/h2,12,14-15,18-19,27-30,32H,8,10-11,13,16-17,20-25H2,1,3-7H3,(H,40,47)(H,41,46)(H2,42,43,49)/t27-,28?,29-,30-,32+/m0/s1. The molecular weight excluding hydrogens is 683 g/mol. The van der Waals surface area contributed by atoms with Gasteiger partial charge >= 0.3 is 6.03 Å². The summed E-state index contributed by atoms with van der Waals surface area (Å²) < 4.78 is 27.0. The number of rotatable bonds is 15. The largest absolute Gasteiger partial charge is 0.348 e. The molecular formula is C39H57N5O7S. The first-order valence-corrected chi connectivity index (χ1v) is 20.3. The van der Waals surface area contributed by atoms with Crippen LogP contribution in [0.25, 0.3) is 0 Å². The van der Waals surface area contributed by atoms with Crippen LogP contribution in [-0.4, -0.2) is 85.4 Å². The minimum atomic E-state index is -3.73. The first-order chi connectivity index (χ1) is 24.4. The smallest absolute Gasteiger partial charge is 0.315 e. The van der Waals surface area contributed by atoms with E-state index in [4.69, 9.17) is 6.42 Å². The molecule has 13 heteroatoms. The molecule has 5 amide bonds. The molecule has 4 rings (SSSR count). The number of nitrogens with one attached hydrogen (secondary N) is 4. The second-order valence-corrected chi connectivity index (χ2v) is 18.5. The molecule has 52 heavy (non-hydrogen) atoms. The number of piperidine rings is 1. The lowest BCUT2D eigenvalue weighted by atomic mass is 9.83. The van der Waals surface area contributed by atoms with Gasteiger partial charge in [0.05, 0.1) is 22.2 Å². The molecule has 3 aliphatic rings. The third kappa shape index (κ3) is 9.35. The summed E-state index contributed by atoms with van der Waals surface area (Å²) in [5.74, 6) is -0.540. The Bertz CT molecular complexity index is 1640. The van der Waals surface area contributed by atoms with E-state index in [2.05, 4.69) is 27.2 Å². The number of carbonyl (C=O) groups excluding carboxylic acids is 5. The molecule has 5 atom stereocenters. The molecule has 1 aliphatic heterocycles. The highest BCUT2D eigenvalue weighted by Gasteiger charge is 2.70. The van der Waals surface area contributed by atoms with Crippen molar-refractivity contribution in [3.05, 3.63) is 30.3 Å². The molecule has 2 saturated carbocycles. The van der Waals surface area contributed by atoms with Gasteiger partial charge in [0.25, 0.3) is 5.91 Å².